The standard InChI is InChI=1S/C6H6.C3H7NO2.BH3/c1-2-4-6-5-3-1;1-2(4)3(5)6;/h1-6H;2H,4H2,1H3,(H,5,6);1H3. The van der Waals surface area contributed by atoms with Crippen LogP contribution in [0, 0.1) is 0 Å². The topological polar surface area (TPSA) is 63.3 Å². The Morgan fingerprint density at radius 2 is 1.31 bits per heavy atom. The summed E-state index contributed by atoms with van der Waals surface area (Å²) in [5.41, 5.74) is 4.84. The Balaban J connectivity index is 0. The monoisotopic (exact) mass is 181 g/mol. The molecule has 1 atom stereocenters. The van der Waals surface area contributed by atoms with Crippen LogP contribution < -0.4 is 5.73 Å². The lowest BCUT2D eigenvalue weighted by atomic mass is 10.4. The van der Waals surface area contributed by atoms with Gasteiger partial charge in [0.05, 0.1) is 8.41 Å². The van der Waals surface area contributed by atoms with Crippen molar-refractivity contribution in [2.75, 3.05) is 0 Å². The summed E-state index contributed by atoms with van der Waals surface area (Å²) in [6.07, 6.45) is 0. The Morgan fingerprint density at radius 1 is 1.15 bits per heavy atom. The van der Waals surface area contributed by atoms with Crippen LogP contribution in [0.4, 0.5) is 0 Å². The van der Waals surface area contributed by atoms with E-state index >= 15 is 0 Å². The summed E-state index contributed by atoms with van der Waals surface area (Å²) in [7, 11) is 0. The van der Waals surface area contributed by atoms with Crippen molar-refractivity contribution in [3.63, 3.8) is 0 Å². The van der Waals surface area contributed by atoms with Crippen molar-refractivity contribution in [3.05, 3.63) is 36.4 Å². The molecule has 1 aromatic carbocycles. The third-order valence-corrected chi connectivity index (χ3v) is 1.06. The van der Waals surface area contributed by atoms with Crippen LogP contribution in [-0.2, 0) is 4.79 Å². The lowest BCUT2D eigenvalue weighted by Crippen LogP contribution is -2.25. The Bertz CT molecular complexity index is 187. The first-order chi connectivity index (χ1) is 5.64. The maximum Gasteiger partial charge on any atom is 0.320 e. The van der Waals surface area contributed by atoms with Crippen LogP contribution in [0.25, 0.3) is 0 Å². The Hall–Kier alpha value is -1.29. The highest BCUT2D eigenvalue weighted by atomic mass is 16.4. The van der Waals surface area contributed by atoms with E-state index in [9.17, 15) is 4.79 Å². The fourth-order valence-electron chi connectivity index (χ4n) is 0.385. The van der Waals surface area contributed by atoms with Crippen molar-refractivity contribution in [1.82, 2.24) is 0 Å². The highest BCUT2D eigenvalue weighted by Crippen LogP contribution is 1.79. The fraction of sp³-hybridized carbons (Fsp3) is 0.222. The summed E-state index contributed by atoms with van der Waals surface area (Å²) in [4.78, 5) is 9.57. The van der Waals surface area contributed by atoms with Crippen LogP contribution in [0.1, 0.15) is 6.92 Å². The van der Waals surface area contributed by atoms with Gasteiger partial charge in [0, 0.05) is 0 Å². The van der Waals surface area contributed by atoms with E-state index in [0.717, 1.165) is 0 Å². The highest BCUT2D eigenvalue weighted by Gasteiger charge is 1.99. The van der Waals surface area contributed by atoms with Gasteiger partial charge in [-0.1, -0.05) is 36.4 Å². The molecule has 13 heavy (non-hydrogen) atoms. The number of aliphatic carboxylic acids is 1. The molecular weight excluding hydrogens is 165 g/mol. The number of rotatable bonds is 1. The Morgan fingerprint density at radius 3 is 1.38 bits per heavy atom. The van der Waals surface area contributed by atoms with Crippen molar-refractivity contribution in [1.29, 1.82) is 0 Å². The number of hydrogen-bond donors (Lipinski definition) is 2. The predicted octanol–water partition coefficient (Wildman–Crippen LogP) is -0.0791. The summed E-state index contributed by atoms with van der Waals surface area (Å²) in [6, 6.07) is 11.3. The molecule has 0 aromatic heterocycles. The minimum Gasteiger partial charge on any atom is -0.480 e. The molecule has 0 bridgehead atoms. The number of hydrogen-bond acceptors (Lipinski definition) is 2. The third-order valence-electron chi connectivity index (χ3n) is 1.06. The van der Waals surface area contributed by atoms with Crippen LogP contribution in [0.3, 0.4) is 0 Å². The van der Waals surface area contributed by atoms with E-state index < -0.39 is 12.0 Å². The Kier molecular flexibility index (Phi) is 9.66. The molecule has 1 unspecified atom stereocenters. The molecule has 0 aliphatic rings. The van der Waals surface area contributed by atoms with Gasteiger partial charge in [0.2, 0.25) is 0 Å². The van der Waals surface area contributed by atoms with Crippen molar-refractivity contribution in [2.24, 2.45) is 5.73 Å². The maximum absolute atomic E-state index is 9.57. The smallest absolute Gasteiger partial charge is 0.320 e. The first kappa shape index (κ1) is 14.3. The quantitative estimate of drug-likeness (QED) is 0.595. The molecule has 4 heteroatoms. The molecule has 3 N–H and O–H groups in total. The van der Waals surface area contributed by atoms with Gasteiger partial charge in [-0.25, -0.2) is 0 Å². The van der Waals surface area contributed by atoms with E-state index in [1.165, 1.54) is 6.92 Å². The molecule has 0 fully saturated rings. The van der Waals surface area contributed by atoms with E-state index in [1.54, 1.807) is 0 Å². The highest BCUT2D eigenvalue weighted by molar-refractivity contribution is 5.75. The lowest BCUT2D eigenvalue weighted by molar-refractivity contribution is -0.138. The van der Waals surface area contributed by atoms with Gasteiger partial charge in [-0.05, 0) is 6.92 Å². The van der Waals surface area contributed by atoms with Crippen LogP contribution in [0.5, 0.6) is 0 Å². The van der Waals surface area contributed by atoms with Gasteiger partial charge in [0.15, 0.2) is 0 Å². The molecule has 1 rings (SSSR count). The van der Waals surface area contributed by atoms with Crippen LogP contribution in [-0.4, -0.2) is 25.5 Å². The second kappa shape index (κ2) is 8.81. The molecule has 1 aromatic rings. The molecule has 0 spiro atoms. The van der Waals surface area contributed by atoms with E-state index in [1.807, 2.05) is 36.4 Å². The minimum absolute atomic E-state index is 0. The number of carbonyl (C=O) groups is 1. The van der Waals surface area contributed by atoms with E-state index in [-0.39, 0.29) is 8.41 Å². The number of benzene rings is 1. The van der Waals surface area contributed by atoms with Crippen molar-refractivity contribution < 1.29 is 9.90 Å². The van der Waals surface area contributed by atoms with E-state index in [2.05, 4.69) is 0 Å². The SMILES string of the molecule is B.CC(N)C(=O)O.c1ccccc1. The number of carboxylic acids is 1. The normalized spacial score (nSPS) is 10.0. The van der Waals surface area contributed by atoms with Gasteiger partial charge < -0.3 is 10.8 Å². The van der Waals surface area contributed by atoms with Crippen molar-refractivity contribution in [3.8, 4) is 0 Å². The molecule has 0 saturated carbocycles. The van der Waals surface area contributed by atoms with Gasteiger partial charge in [-0.3, -0.25) is 4.79 Å². The van der Waals surface area contributed by atoms with E-state index in [4.69, 9.17) is 10.8 Å². The summed E-state index contributed by atoms with van der Waals surface area (Å²) >= 11 is 0. The van der Waals surface area contributed by atoms with Gasteiger partial charge in [0.1, 0.15) is 6.04 Å². The lowest BCUT2D eigenvalue weighted by Gasteiger charge is -1.90. The van der Waals surface area contributed by atoms with Crippen molar-refractivity contribution >= 4 is 14.4 Å². The first-order valence-corrected chi connectivity index (χ1v) is 3.63. The predicted molar refractivity (Wildman–Crippen MR) is 57.7 cm³/mol. The van der Waals surface area contributed by atoms with Gasteiger partial charge >= 0.3 is 5.97 Å². The zero-order valence-corrected chi connectivity index (χ0v) is 6.97. The number of carboxylic acid groups (broad SMARTS) is 1. The van der Waals surface area contributed by atoms with Gasteiger partial charge in [-0.2, -0.15) is 0 Å². The maximum atomic E-state index is 9.57. The number of nitrogens with two attached hydrogens (primary N) is 1. The van der Waals surface area contributed by atoms with Gasteiger partial charge in [-0.15, -0.1) is 0 Å². The molecule has 0 saturated heterocycles. The average molecular weight is 181 g/mol. The molecule has 0 heterocycles. The summed E-state index contributed by atoms with van der Waals surface area (Å²) < 4.78 is 0. The van der Waals surface area contributed by atoms with Crippen LogP contribution >= 0.6 is 0 Å². The van der Waals surface area contributed by atoms with Crippen molar-refractivity contribution in [2.45, 2.75) is 13.0 Å². The first-order valence-electron chi connectivity index (χ1n) is 3.63. The van der Waals surface area contributed by atoms with E-state index in [0.29, 0.717) is 0 Å². The molecule has 0 aliphatic heterocycles. The molecule has 3 nitrogen and oxygen atoms in total. The Labute approximate surface area is 80.1 Å². The summed E-state index contributed by atoms with van der Waals surface area (Å²) in [6.45, 7) is 1.42. The molecule has 72 valence electrons. The van der Waals surface area contributed by atoms with Crippen LogP contribution in [0.2, 0.25) is 0 Å². The second-order valence-electron chi connectivity index (χ2n) is 2.28. The third kappa shape index (κ3) is 10.7. The average Bonchev–Trinajstić information content (AvgIpc) is 2.08. The zero-order valence-electron chi connectivity index (χ0n) is 6.97. The van der Waals surface area contributed by atoms with Crippen LogP contribution in [0.15, 0.2) is 36.4 Å². The fourth-order valence-corrected chi connectivity index (χ4v) is 0.385. The molecule has 0 aliphatic carbocycles. The minimum atomic E-state index is -0.963. The second-order valence-corrected chi connectivity index (χ2v) is 2.28. The summed E-state index contributed by atoms with van der Waals surface area (Å²) in [5.74, 6) is -0.963. The summed E-state index contributed by atoms with van der Waals surface area (Å²) in [5, 5.41) is 7.87. The zero-order chi connectivity index (χ0) is 9.40. The van der Waals surface area contributed by atoms with Gasteiger partial charge in [0.25, 0.3) is 0 Å². The largest absolute Gasteiger partial charge is 0.480 e. The molecule has 0 amide bonds. The molecule has 0 radical (unpaired) electrons. The molecular formula is C9H16BNO2.